The normalized spacial score (nSPS) is 19.5. The zero-order valence-electron chi connectivity index (χ0n) is 12.2. The number of hydrogen-bond donors (Lipinski definition) is 3. The van der Waals surface area contributed by atoms with Crippen LogP contribution in [0.5, 0.6) is 0 Å². The van der Waals surface area contributed by atoms with E-state index in [0.717, 1.165) is 16.5 Å². The van der Waals surface area contributed by atoms with Crippen LogP contribution in [0.3, 0.4) is 0 Å². The van der Waals surface area contributed by atoms with E-state index in [0.29, 0.717) is 25.8 Å². The molecule has 1 unspecified atom stereocenters. The molecule has 0 spiro atoms. The van der Waals surface area contributed by atoms with Gasteiger partial charge in [0.1, 0.15) is 6.04 Å². The van der Waals surface area contributed by atoms with Crippen LogP contribution in [0.15, 0.2) is 30.5 Å². The molecule has 1 fully saturated rings. The molecule has 0 saturated carbocycles. The Morgan fingerprint density at radius 3 is 2.95 bits per heavy atom. The molecule has 1 amide bonds. The molecular weight excluding hydrogens is 282 g/mol. The summed E-state index contributed by atoms with van der Waals surface area (Å²) < 4.78 is 0. The summed E-state index contributed by atoms with van der Waals surface area (Å²) >= 11 is 0. The van der Waals surface area contributed by atoms with Gasteiger partial charge in [-0.25, -0.2) is 4.79 Å². The number of para-hydroxylation sites is 1. The van der Waals surface area contributed by atoms with Crippen LogP contribution < -0.4 is 5.73 Å². The summed E-state index contributed by atoms with van der Waals surface area (Å²) in [5.41, 5.74) is 8.02. The first-order valence-corrected chi connectivity index (χ1v) is 7.42. The minimum absolute atomic E-state index is 0.282. The van der Waals surface area contributed by atoms with Crippen molar-refractivity contribution in [2.75, 3.05) is 6.54 Å². The number of nitrogens with two attached hydrogens (primary N) is 1. The Morgan fingerprint density at radius 1 is 1.41 bits per heavy atom. The van der Waals surface area contributed by atoms with E-state index >= 15 is 0 Å². The number of nitrogens with one attached hydrogen (secondary N) is 1. The number of carboxylic acid groups (broad SMARTS) is 1. The minimum Gasteiger partial charge on any atom is -0.480 e. The maximum atomic E-state index is 12.4. The second-order valence-electron chi connectivity index (χ2n) is 5.70. The predicted octanol–water partition coefficient (Wildman–Crippen LogP) is 1.11. The maximum absolute atomic E-state index is 12.4. The van der Waals surface area contributed by atoms with E-state index < -0.39 is 18.1 Å². The van der Waals surface area contributed by atoms with Crippen molar-refractivity contribution in [3.05, 3.63) is 36.0 Å². The molecule has 0 bridgehead atoms. The molecule has 2 aromatic rings. The quantitative estimate of drug-likeness (QED) is 0.787. The number of carbonyl (C=O) groups excluding carboxylic acids is 1. The van der Waals surface area contributed by atoms with Crippen LogP contribution in [0.25, 0.3) is 10.9 Å². The van der Waals surface area contributed by atoms with Gasteiger partial charge in [-0.2, -0.15) is 0 Å². The zero-order valence-corrected chi connectivity index (χ0v) is 12.2. The van der Waals surface area contributed by atoms with E-state index in [4.69, 9.17) is 5.73 Å². The molecule has 6 heteroatoms. The van der Waals surface area contributed by atoms with Crippen LogP contribution in [0.2, 0.25) is 0 Å². The minimum atomic E-state index is -0.954. The van der Waals surface area contributed by atoms with Gasteiger partial charge in [0.2, 0.25) is 5.91 Å². The van der Waals surface area contributed by atoms with Crippen LogP contribution in [0, 0.1) is 0 Å². The summed E-state index contributed by atoms with van der Waals surface area (Å²) in [7, 11) is 0. The first-order chi connectivity index (χ1) is 10.6. The fourth-order valence-electron chi connectivity index (χ4n) is 3.12. The third kappa shape index (κ3) is 2.57. The number of hydrogen-bond acceptors (Lipinski definition) is 3. The first kappa shape index (κ1) is 14.6. The lowest BCUT2D eigenvalue weighted by molar-refractivity contribution is -0.148. The SMILES string of the molecule is NC(Cc1c[nH]c2ccccc12)C(=O)N1CCC[C@H]1C(=O)O. The summed E-state index contributed by atoms with van der Waals surface area (Å²) in [5.74, 6) is -1.24. The number of carboxylic acids is 1. The van der Waals surface area contributed by atoms with Crippen LogP contribution in [-0.4, -0.2) is 45.5 Å². The molecule has 22 heavy (non-hydrogen) atoms. The van der Waals surface area contributed by atoms with Gasteiger partial charge in [0, 0.05) is 23.6 Å². The Balaban J connectivity index is 1.75. The molecule has 116 valence electrons. The standard InChI is InChI=1S/C16H19N3O3/c17-12(15(20)19-7-3-6-14(19)16(21)22)8-10-9-18-13-5-2-1-4-11(10)13/h1-2,4-5,9,12,14,18H,3,6-8,17H2,(H,21,22)/t12?,14-/m0/s1. The number of carbonyl (C=O) groups is 2. The summed E-state index contributed by atoms with van der Waals surface area (Å²) in [6.07, 6.45) is 3.46. The second kappa shape index (κ2) is 5.81. The molecule has 1 aromatic heterocycles. The molecule has 1 aliphatic rings. The number of amides is 1. The van der Waals surface area contributed by atoms with Crippen LogP contribution in [-0.2, 0) is 16.0 Å². The van der Waals surface area contributed by atoms with Crippen LogP contribution in [0.4, 0.5) is 0 Å². The maximum Gasteiger partial charge on any atom is 0.326 e. The number of H-pyrrole nitrogens is 1. The molecule has 1 aliphatic heterocycles. The smallest absolute Gasteiger partial charge is 0.326 e. The summed E-state index contributed by atoms with van der Waals surface area (Å²) in [5, 5.41) is 10.2. The lowest BCUT2D eigenvalue weighted by Gasteiger charge is -2.24. The molecular formula is C16H19N3O3. The van der Waals surface area contributed by atoms with Gasteiger partial charge in [0.05, 0.1) is 6.04 Å². The molecule has 1 aromatic carbocycles. The Kier molecular flexibility index (Phi) is 3.85. The van der Waals surface area contributed by atoms with Gasteiger partial charge < -0.3 is 20.7 Å². The Labute approximate surface area is 127 Å². The predicted molar refractivity (Wildman–Crippen MR) is 82.3 cm³/mol. The second-order valence-corrected chi connectivity index (χ2v) is 5.70. The van der Waals surface area contributed by atoms with Crippen molar-refractivity contribution >= 4 is 22.8 Å². The molecule has 2 heterocycles. The van der Waals surface area contributed by atoms with Crippen LogP contribution in [0.1, 0.15) is 18.4 Å². The average Bonchev–Trinajstić information content (AvgIpc) is 3.14. The number of fused-ring (bicyclic) bond motifs is 1. The highest BCUT2D eigenvalue weighted by molar-refractivity contribution is 5.89. The summed E-state index contributed by atoms with van der Waals surface area (Å²) in [4.78, 5) is 28.2. The lowest BCUT2D eigenvalue weighted by atomic mass is 10.0. The Hall–Kier alpha value is -2.34. The van der Waals surface area contributed by atoms with Crippen molar-refractivity contribution in [1.82, 2.24) is 9.88 Å². The number of benzene rings is 1. The third-order valence-electron chi connectivity index (χ3n) is 4.25. The van der Waals surface area contributed by atoms with E-state index in [1.807, 2.05) is 30.5 Å². The molecule has 0 radical (unpaired) electrons. The fourth-order valence-corrected chi connectivity index (χ4v) is 3.12. The lowest BCUT2D eigenvalue weighted by Crippen LogP contribution is -2.49. The Morgan fingerprint density at radius 2 is 2.18 bits per heavy atom. The topological polar surface area (TPSA) is 99.4 Å². The molecule has 6 nitrogen and oxygen atoms in total. The number of rotatable bonds is 4. The number of nitrogens with zero attached hydrogens (tertiary/aromatic N) is 1. The first-order valence-electron chi connectivity index (χ1n) is 7.42. The van der Waals surface area contributed by atoms with Crippen molar-refractivity contribution in [3.8, 4) is 0 Å². The van der Waals surface area contributed by atoms with Gasteiger partial charge in [-0.05, 0) is 30.9 Å². The van der Waals surface area contributed by atoms with Gasteiger partial charge in [0.25, 0.3) is 0 Å². The highest BCUT2D eigenvalue weighted by Gasteiger charge is 2.36. The highest BCUT2D eigenvalue weighted by Crippen LogP contribution is 2.22. The Bertz CT molecular complexity index is 709. The fraction of sp³-hybridized carbons (Fsp3) is 0.375. The zero-order chi connectivity index (χ0) is 15.7. The van der Waals surface area contributed by atoms with Crippen molar-refractivity contribution in [1.29, 1.82) is 0 Å². The van der Waals surface area contributed by atoms with Crippen LogP contribution >= 0.6 is 0 Å². The van der Waals surface area contributed by atoms with Gasteiger partial charge in [0.15, 0.2) is 0 Å². The number of aromatic nitrogens is 1. The highest BCUT2D eigenvalue weighted by atomic mass is 16.4. The van der Waals surface area contributed by atoms with Gasteiger partial charge >= 0.3 is 5.97 Å². The number of aromatic amines is 1. The largest absolute Gasteiger partial charge is 0.480 e. The van der Waals surface area contributed by atoms with E-state index in [2.05, 4.69) is 4.98 Å². The van der Waals surface area contributed by atoms with Gasteiger partial charge in [-0.15, -0.1) is 0 Å². The molecule has 4 N–H and O–H groups in total. The molecule has 1 saturated heterocycles. The van der Waals surface area contributed by atoms with Gasteiger partial charge in [-0.1, -0.05) is 18.2 Å². The van der Waals surface area contributed by atoms with E-state index in [1.165, 1.54) is 4.90 Å². The average molecular weight is 301 g/mol. The van der Waals surface area contributed by atoms with E-state index in [9.17, 15) is 14.7 Å². The molecule has 0 aliphatic carbocycles. The van der Waals surface area contributed by atoms with Crippen molar-refractivity contribution in [3.63, 3.8) is 0 Å². The van der Waals surface area contributed by atoms with E-state index in [1.54, 1.807) is 0 Å². The summed E-state index contributed by atoms with van der Waals surface area (Å²) in [6, 6.07) is 6.37. The van der Waals surface area contributed by atoms with Gasteiger partial charge in [-0.3, -0.25) is 4.79 Å². The number of likely N-dealkylation sites (tertiary alicyclic amines) is 1. The number of aliphatic carboxylic acids is 1. The third-order valence-corrected chi connectivity index (χ3v) is 4.25. The molecule has 3 rings (SSSR count). The van der Waals surface area contributed by atoms with Crippen molar-refractivity contribution < 1.29 is 14.7 Å². The van der Waals surface area contributed by atoms with E-state index in [-0.39, 0.29) is 5.91 Å². The molecule has 2 atom stereocenters. The summed E-state index contributed by atoms with van der Waals surface area (Å²) in [6.45, 7) is 0.470. The van der Waals surface area contributed by atoms with Crippen molar-refractivity contribution in [2.24, 2.45) is 5.73 Å². The monoisotopic (exact) mass is 301 g/mol. The van der Waals surface area contributed by atoms with Crippen molar-refractivity contribution in [2.45, 2.75) is 31.3 Å².